The lowest BCUT2D eigenvalue weighted by Gasteiger charge is -2.49. The third-order valence-corrected chi connectivity index (χ3v) is 11.9. The van der Waals surface area contributed by atoms with Crippen LogP contribution in [0.2, 0.25) is 0 Å². The highest BCUT2D eigenvalue weighted by atomic mass is 19.1. The van der Waals surface area contributed by atoms with Gasteiger partial charge in [-0.2, -0.15) is 4.98 Å². The Morgan fingerprint density at radius 3 is 2.36 bits per heavy atom. The Morgan fingerprint density at radius 1 is 0.893 bits per heavy atom. The van der Waals surface area contributed by atoms with E-state index < -0.39 is 29.4 Å². The van der Waals surface area contributed by atoms with E-state index in [1.54, 1.807) is 38.3 Å². The molecular weight excluding hydrogens is 720 g/mol. The van der Waals surface area contributed by atoms with Crippen molar-refractivity contribution in [1.82, 2.24) is 43.8 Å². The highest BCUT2D eigenvalue weighted by Gasteiger charge is 2.37. The van der Waals surface area contributed by atoms with E-state index >= 15 is 4.39 Å². The second-order valence-electron chi connectivity index (χ2n) is 15.6. The number of aryl methyl sites for hydroxylation is 1. The van der Waals surface area contributed by atoms with Crippen LogP contribution in [0.1, 0.15) is 61.1 Å². The molecule has 16 nitrogen and oxygen atoms in total. The van der Waals surface area contributed by atoms with Crippen LogP contribution in [-0.2, 0) is 16.6 Å². The molecule has 0 bridgehead atoms. The van der Waals surface area contributed by atoms with Crippen LogP contribution in [-0.4, -0.2) is 116 Å². The van der Waals surface area contributed by atoms with Gasteiger partial charge in [0.05, 0.1) is 23.1 Å². The predicted molar refractivity (Wildman–Crippen MR) is 209 cm³/mol. The van der Waals surface area contributed by atoms with Gasteiger partial charge in [-0.1, -0.05) is 12.8 Å². The predicted octanol–water partition coefficient (Wildman–Crippen LogP) is 3.17. The molecule has 1 atom stereocenters. The number of benzene rings is 1. The third-order valence-electron chi connectivity index (χ3n) is 11.9. The van der Waals surface area contributed by atoms with Gasteiger partial charge in [0.15, 0.2) is 0 Å². The maximum atomic E-state index is 15.4. The summed E-state index contributed by atoms with van der Waals surface area (Å²) in [6, 6.07) is 8.53. The zero-order chi connectivity index (χ0) is 38.8. The van der Waals surface area contributed by atoms with Gasteiger partial charge in [-0.15, -0.1) is 0 Å². The molecule has 1 saturated carbocycles. The summed E-state index contributed by atoms with van der Waals surface area (Å²) < 4.78 is 20.1. The molecule has 3 saturated heterocycles. The molecule has 5 aromatic rings. The molecule has 7 heterocycles. The van der Waals surface area contributed by atoms with Crippen LogP contribution >= 0.6 is 0 Å². The Bertz CT molecular complexity index is 2420. The van der Waals surface area contributed by atoms with Crippen LogP contribution < -0.4 is 26.1 Å². The Labute approximate surface area is 321 Å². The maximum absolute atomic E-state index is 15.4. The van der Waals surface area contributed by atoms with Crippen molar-refractivity contribution in [2.75, 3.05) is 68.5 Å². The Balaban J connectivity index is 0.836. The topological polar surface area (TPSA) is 159 Å². The summed E-state index contributed by atoms with van der Waals surface area (Å²) in [5.74, 6) is -0.543. The van der Waals surface area contributed by atoms with Gasteiger partial charge in [0.2, 0.25) is 17.8 Å². The highest BCUT2D eigenvalue weighted by Crippen LogP contribution is 2.36. The molecule has 1 aliphatic carbocycles. The number of piperazine rings is 1. The van der Waals surface area contributed by atoms with Crippen LogP contribution in [0.25, 0.3) is 22.1 Å². The number of fused-ring (bicyclic) bond motifs is 2. The number of hydrogen-bond acceptors (Lipinski definition) is 11. The van der Waals surface area contributed by atoms with E-state index in [2.05, 4.69) is 45.9 Å². The van der Waals surface area contributed by atoms with E-state index in [-0.39, 0.29) is 30.3 Å². The van der Waals surface area contributed by atoms with Gasteiger partial charge in [-0.05, 0) is 49.6 Å². The summed E-state index contributed by atoms with van der Waals surface area (Å²) in [6.07, 6.45) is 8.18. The molecule has 0 radical (unpaired) electrons. The molecule has 9 rings (SSSR count). The molecule has 4 aromatic heterocycles. The summed E-state index contributed by atoms with van der Waals surface area (Å²) >= 11 is 0. The average Bonchev–Trinajstić information content (AvgIpc) is 3.90. The van der Waals surface area contributed by atoms with E-state index in [1.165, 1.54) is 15.2 Å². The minimum atomic E-state index is -0.948. The van der Waals surface area contributed by atoms with Crippen LogP contribution in [0.5, 0.6) is 0 Å². The van der Waals surface area contributed by atoms with Crippen molar-refractivity contribution in [3.8, 4) is 0 Å². The van der Waals surface area contributed by atoms with Crippen molar-refractivity contribution in [3.05, 3.63) is 64.7 Å². The first-order valence-electron chi connectivity index (χ1n) is 19.4. The van der Waals surface area contributed by atoms with Crippen LogP contribution in [0.15, 0.2) is 47.5 Å². The fourth-order valence-corrected chi connectivity index (χ4v) is 8.91. The third kappa shape index (κ3) is 6.13. The second-order valence-corrected chi connectivity index (χ2v) is 15.6. The van der Waals surface area contributed by atoms with Crippen molar-refractivity contribution in [2.24, 2.45) is 7.05 Å². The molecule has 3 aliphatic heterocycles. The van der Waals surface area contributed by atoms with E-state index in [0.717, 1.165) is 87.4 Å². The fraction of sp³-hybridized carbons (Fsp3) is 0.462. The number of amides is 3. The summed E-state index contributed by atoms with van der Waals surface area (Å²) in [5.41, 5.74) is 3.22. The molecule has 1 aromatic carbocycles. The van der Waals surface area contributed by atoms with E-state index in [0.29, 0.717) is 29.0 Å². The van der Waals surface area contributed by atoms with Gasteiger partial charge >= 0.3 is 5.69 Å². The number of imidazole rings is 1. The summed E-state index contributed by atoms with van der Waals surface area (Å²) in [7, 11) is 5.13. The van der Waals surface area contributed by atoms with Gasteiger partial charge in [-0.3, -0.25) is 33.7 Å². The van der Waals surface area contributed by atoms with Crippen LogP contribution in [0, 0.1) is 5.82 Å². The van der Waals surface area contributed by atoms with Gasteiger partial charge in [0.1, 0.15) is 34.5 Å². The maximum Gasteiger partial charge on any atom is 0.329 e. The van der Waals surface area contributed by atoms with Gasteiger partial charge < -0.3 is 24.6 Å². The van der Waals surface area contributed by atoms with Gasteiger partial charge in [-0.25, -0.2) is 19.2 Å². The van der Waals surface area contributed by atoms with Crippen molar-refractivity contribution < 1.29 is 18.8 Å². The van der Waals surface area contributed by atoms with E-state index in [4.69, 9.17) is 4.98 Å². The van der Waals surface area contributed by atoms with E-state index in [1.807, 2.05) is 18.3 Å². The summed E-state index contributed by atoms with van der Waals surface area (Å²) in [6.45, 7) is 4.87. The van der Waals surface area contributed by atoms with Gasteiger partial charge in [0.25, 0.3) is 5.91 Å². The Kier molecular flexibility index (Phi) is 8.98. The zero-order valence-electron chi connectivity index (χ0n) is 31.7. The fourth-order valence-electron chi connectivity index (χ4n) is 8.91. The first-order valence-corrected chi connectivity index (χ1v) is 19.4. The smallest absolute Gasteiger partial charge is 0.329 e. The number of hydrogen-bond donors (Lipinski definition) is 2. The van der Waals surface area contributed by atoms with E-state index in [9.17, 15) is 19.2 Å². The van der Waals surface area contributed by atoms with Crippen molar-refractivity contribution in [1.29, 1.82) is 0 Å². The molecule has 4 fully saturated rings. The van der Waals surface area contributed by atoms with Crippen LogP contribution in [0.4, 0.5) is 27.5 Å². The Morgan fingerprint density at radius 2 is 1.66 bits per heavy atom. The minimum Gasteiger partial charge on any atom is -0.368 e. The van der Waals surface area contributed by atoms with Gasteiger partial charge in [0, 0.05) is 90.5 Å². The summed E-state index contributed by atoms with van der Waals surface area (Å²) in [4.78, 5) is 73.5. The normalized spacial score (nSPS) is 19.9. The molecule has 3 amide bonds. The number of rotatable bonds is 8. The monoisotopic (exact) mass is 764 g/mol. The lowest BCUT2D eigenvalue weighted by molar-refractivity contribution is -0.135. The molecule has 4 aliphatic rings. The molecule has 17 heteroatoms. The number of piperidine rings is 1. The van der Waals surface area contributed by atoms with Crippen molar-refractivity contribution >= 4 is 62.9 Å². The molecule has 292 valence electrons. The second kappa shape index (κ2) is 14.0. The number of aromatic nitrogens is 6. The number of halogens is 1. The zero-order valence-corrected chi connectivity index (χ0v) is 31.7. The van der Waals surface area contributed by atoms with Crippen LogP contribution in [0.3, 0.4) is 0 Å². The number of anilines is 4. The number of pyridine rings is 1. The molecular formula is C39H45FN12O4. The van der Waals surface area contributed by atoms with Crippen molar-refractivity contribution in [2.45, 2.75) is 56.7 Å². The number of imide groups is 1. The highest BCUT2D eigenvalue weighted by molar-refractivity contribution is 6.01. The average molecular weight is 765 g/mol. The lowest BCUT2D eigenvalue weighted by atomic mass is 10.0. The molecule has 56 heavy (non-hydrogen) atoms. The largest absolute Gasteiger partial charge is 0.368 e. The quantitative estimate of drug-likeness (QED) is 0.224. The minimum absolute atomic E-state index is 0.0431. The number of nitrogens with zero attached hydrogens (tertiary/aromatic N) is 10. The standard InChI is InChI=1S/C39H45FN12O4/c1-46(2)37(55)30-18-23-19-42-38(45-35(23)51(30)24-6-4-5-7-24)43-31-12-8-25(20-41-31)48-14-16-49(17-15-48)26-21-50(22-26)28-10-9-27(40)33-34(28)47(3)39(56)52(33)29-11-13-32(53)44-36(29)54/h8-10,12,18-20,24,26,29H,4-7,11,13-17,21-22H2,1-3H3,(H,44,53,54)(H,41,42,43,45)/t29-/m1/s1. The number of carbonyl (C=O) groups is 3. The number of nitrogens with one attached hydrogen (secondary N) is 2. The first-order chi connectivity index (χ1) is 27.0. The lowest BCUT2D eigenvalue weighted by Crippen LogP contribution is -2.63. The van der Waals surface area contributed by atoms with Crippen molar-refractivity contribution in [3.63, 3.8) is 0 Å². The summed E-state index contributed by atoms with van der Waals surface area (Å²) in [5, 5.41) is 6.38. The molecule has 0 unspecified atom stereocenters. The Hall–Kier alpha value is -5.84. The first kappa shape index (κ1) is 35.8. The number of carbonyl (C=O) groups excluding carboxylic acids is 3. The SMILES string of the molecule is CN(C)C(=O)c1cc2cnc(Nc3ccc(N4CCN(C5CN(c6ccc(F)c7c6n(C)c(=O)n7[C@@H]6CCC(=O)NC6=O)C5)CC4)cn3)nc2n1C1CCCC1. The molecule has 0 spiro atoms. The molecule has 2 N–H and O–H groups in total.